The summed E-state index contributed by atoms with van der Waals surface area (Å²) in [4.78, 5) is 25.5. The third-order valence-corrected chi connectivity index (χ3v) is 6.38. The first-order valence-corrected chi connectivity index (χ1v) is 11.2. The average Bonchev–Trinajstić information content (AvgIpc) is 3.07. The predicted octanol–water partition coefficient (Wildman–Crippen LogP) is 2.50. The van der Waals surface area contributed by atoms with Crippen LogP contribution in [0.3, 0.4) is 0 Å². The van der Waals surface area contributed by atoms with E-state index in [1.165, 1.54) is 4.90 Å². The number of anilines is 1. The molecule has 1 heterocycles. The quantitative estimate of drug-likeness (QED) is 0.613. The van der Waals surface area contributed by atoms with Gasteiger partial charge in [-0.1, -0.05) is 18.2 Å². The standard InChI is InChI=1S/C21H23NO6S/c1-2-27-20-12-16(13-23)8-9-19(20)28-14-21(24)22(17-6-4-3-5-7-17)18-10-11-29(25,26)15-18/h3-9,12-13,18H,2,10-11,14-15H2,1H3/t18-/m0/s1. The van der Waals surface area contributed by atoms with Crippen molar-refractivity contribution in [1.82, 2.24) is 0 Å². The zero-order valence-corrected chi connectivity index (χ0v) is 16.9. The molecule has 1 atom stereocenters. The summed E-state index contributed by atoms with van der Waals surface area (Å²) in [6.45, 7) is 1.90. The summed E-state index contributed by atoms with van der Waals surface area (Å²) in [5.41, 5.74) is 1.07. The Balaban J connectivity index is 1.80. The van der Waals surface area contributed by atoms with E-state index in [0.717, 1.165) is 0 Å². The summed E-state index contributed by atoms with van der Waals surface area (Å²) >= 11 is 0. The highest BCUT2D eigenvalue weighted by Gasteiger charge is 2.35. The molecule has 8 heteroatoms. The van der Waals surface area contributed by atoms with Crippen LogP contribution >= 0.6 is 0 Å². The van der Waals surface area contributed by atoms with Crippen LogP contribution < -0.4 is 14.4 Å². The van der Waals surface area contributed by atoms with E-state index in [1.807, 2.05) is 6.07 Å². The van der Waals surface area contributed by atoms with Gasteiger partial charge in [0.15, 0.2) is 27.9 Å². The number of sulfone groups is 1. The van der Waals surface area contributed by atoms with Crippen molar-refractivity contribution in [2.75, 3.05) is 29.6 Å². The monoisotopic (exact) mass is 417 g/mol. The molecule has 0 N–H and O–H groups in total. The van der Waals surface area contributed by atoms with Crippen LogP contribution in [0.25, 0.3) is 0 Å². The Morgan fingerprint density at radius 2 is 1.90 bits per heavy atom. The summed E-state index contributed by atoms with van der Waals surface area (Å²) in [6, 6.07) is 13.2. The topological polar surface area (TPSA) is 90.0 Å². The van der Waals surface area contributed by atoms with Crippen LogP contribution in [-0.2, 0) is 14.6 Å². The van der Waals surface area contributed by atoms with Crippen molar-refractivity contribution in [3.8, 4) is 11.5 Å². The van der Waals surface area contributed by atoms with Gasteiger partial charge in [0.1, 0.15) is 6.29 Å². The lowest BCUT2D eigenvalue weighted by Crippen LogP contribution is -2.43. The van der Waals surface area contributed by atoms with Crippen LogP contribution in [0, 0.1) is 0 Å². The Morgan fingerprint density at radius 3 is 2.52 bits per heavy atom. The number of ether oxygens (including phenoxy) is 2. The zero-order valence-electron chi connectivity index (χ0n) is 16.1. The van der Waals surface area contributed by atoms with Crippen LogP contribution in [0.2, 0.25) is 0 Å². The molecule has 154 valence electrons. The predicted molar refractivity (Wildman–Crippen MR) is 109 cm³/mol. The van der Waals surface area contributed by atoms with Gasteiger partial charge in [-0.15, -0.1) is 0 Å². The van der Waals surface area contributed by atoms with Gasteiger partial charge >= 0.3 is 0 Å². The van der Waals surface area contributed by atoms with E-state index in [4.69, 9.17) is 9.47 Å². The molecule has 1 aliphatic heterocycles. The van der Waals surface area contributed by atoms with Gasteiger partial charge in [0.2, 0.25) is 0 Å². The highest BCUT2D eigenvalue weighted by molar-refractivity contribution is 7.91. The van der Waals surface area contributed by atoms with Crippen molar-refractivity contribution >= 4 is 27.7 Å². The number of amides is 1. The first-order chi connectivity index (χ1) is 13.9. The minimum Gasteiger partial charge on any atom is -0.490 e. The molecule has 0 saturated carbocycles. The first kappa shape index (κ1) is 20.9. The number of rotatable bonds is 8. The van der Waals surface area contributed by atoms with E-state index in [9.17, 15) is 18.0 Å². The van der Waals surface area contributed by atoms with Crippen molar-refractivity contribution in [3.63, 3.8) is 0 Å². The Kier molecular flexibility index (Phi) is 6.53. The third-order valence-electron chi connectivity index (χ3n) is 4.63. The molecule has 29 heavy (non-hydrogen) atoms. The summed E-state index contributed by atoms with van der Waals surface area (Å²) in [5.74, 6) is 0.375. The number of carbonyl (C=O) groups excluding carboxylic acids is 2. The van der Waals surface area contributed by atoms with Crippen molar-refractivity contribution in [1.29, 1.82) is 0 Å². The molecule has 1 amide bonds. The molecular weight excluding hydrogens is 394 g/mol. The fraction of sp³-hybridized carbons (Fsp3) is 0.333. The molecule has 0 aliphatic carbocycles. The molecule has 0 radical (unpaired) electrons. The highest BCUT2D eigenvalue weighted by atomic mass is 32.2. The lowest BCUT2D eigenvalue weighted by atomic mass is 10.2. The lowest BCUT2D eigenvalue weighted by molar-refractivity contribution is -0.121. The molecule has 2 aromatic carbocycles. The van der Waals surface area contributed by atoms with Gasteiger partial charge in [-0.3, -0.25) is 9.59 Å². The van der Waals surface area contributed by atoms with Gasteiger partial charge in [0, 0.05) is 11.3 Å². The zero-order chi connectivity index (χ0) is 20.9. The van der Waals surface area contributed by atoms with Crippen molar-refractivity contribution in [3.05, 3.63) is 54.1 Å². The van der Waals surface area contributed by atoms with Gasteiger partial charge in [0.05, 0.1) is 24.2 Å². The van der Waals surface area contributed by atoms with Crippen molar-refractivity contribution < 1.29 is 27.5 Å². The number of hydrogen-bond donors (Lipinski definition) is 0. The number of benzene rings is 2. The normalized spacial score (nSPS) is 17.5. The maximum Gasteiger partial charge on any atom is 0.265 e. The second-order valence-corrected chi connectivity index (χ2v) is 8.93. The van der Waals surface area contributed by atoms with E-state index in [2.05, 4.69) is 0 Å². The molecule has 1 saturated heterocycles. The van der Waals surface area contributed by atoms with E-state index < -0.39 is 15.9 Å². The summed E-state index contributed by atoms with van der Waals surface area (Å²) in [5, 5.41) is 0. The summed E-state index contributed by atoms with van der Waals surface area (Å²) < 4.78 is 35.1. The minimum atomic E-state index is -3.16. The van der Waals surface area contributed by atoms with E-state index in [-0.39, 0.29) is 24.0 Å². The van der Waals surface area contributed by atoms with Crippen LogP contribution in [-0.4, -0.2) is 51.4 Å². The maximum atomic E-state index is 13.0. The van der Waals surface area contributed by atoms with Crippen LogP contribution in [0.15, 0.2) is 48.5 Å². The second-order valence-electron chi connectivity index (χ2n) is 6.70. The Hall–Kier alpha value is -2.87. The fourth-order valence-corrected chi connectivity index (χ4v) is 5.02. The molecule has 0 aromatic heterocycles. The third kappa shape index (κ3) is 5.14. The van der Waals surface area contributed by atoms with Gasteiger partial charge in [-0.25, -0.2) is 8.42 Å². The number of carbonyl (C=O) groups is 2. The molecule has 2 aromatic rings. The molecule has 1 fully saturated rings. The smallest absolute Gasteiger partial charge is 0.265 e. The second kappa shape index (κ2) is 9.09. The van der Waals surface area contributed by atoms with Crippen molar-refractivity contribution in [2.24, 2.45) is 0 Å². The highest BCUT2D eigenvalue weighted by Crippen LogP contribution is 2.29. The molecule has 3 rings (SSSR count). The average molecular weight is 417 g/mol. The van der Waals surface area contributed by atoms with E-state index in [1.54, 1.807) is 49.4 Å². The van der Waals surface area contributed by atoms with Crippen LogP contribution in [0.4, 0.5) is 5.69 Å². The first-order valence-electron chi connectivity index (χ1n) is 9.36. The molecule has 0 bridgehead atoms. The van der Waals surface area contributed by atoms with Gasteiger partial charge in [0.25, 0.3) is 5.91 Å². The van der Waals surface area contributed by atoms with Gasteiger partial charge in [-0.2, -0.15) is 0 Å². The Bertz CT molecular complexity index is 974. The maximum absolute atomic E-state index is 13.0. The van der Waals surface area contributed by atoms with Gasteiger partial charge < -0.3 is 14.4 Å². The van der Waals surface area contributed by atoms with E-state index in [0.29, 0.717) is 42.1 Å². The largest absolute Gasteiger partial charge is 0.490 e. The van der Waals surface area contributed by atoms with Crippen LogP contribution in [0.5, 0.6) is 11.5 Å². The number of hydrogen-bond acceptors (Lipinski definition) is 6. The molecule has 0 unspecified atom stereocenters. The Morgan fingerprint density at radius 1 is 1.14 bits per heavy atom. The SMILES string of the molecule is CCOc1cc(C=O)ccc1OCC(=O)N(c1ccccc1)[C@H]1CCS(=O)(=O)C1. The molecule has 0 spiro atoms. The number of para-hydroxylation sites is 1. The lowest BCUT2D eigenvalue weighted by Gasteiger charge is -2.28. The molecule has 7 nitrogen and oxygen atoms in total. The number of nitrogens with zero attached hydrogens (tertiary/aromatic N) is 1. The van der Waals surface area contributed by atoms with Gasteiger partial charge in [-0.05, 0) is 43.7 Å². The summed E-state index contributed by atoms with van der Waals surface area (Å²) in [6.07, 6.45) is 1.09. The Labute approximate surface area is 170 Å². The molecular formula is C21H23NO6S. The van der Waals surface area contributed by atoms with Crippen LogP contribution in [0.1, 0.15) is 23.7 Å². The van der Waals surface area contributed by atoms with E-state index >= 15 is 0 Å². The summed E-state index contributed by atoms with van der Waals surface area (Å²) in [7, 11) is -3.16. The van der Waals surface area contributed by atoms with Crippen molar-refractivity contribution in [2.45, 2.75) is 19.4 Å². The fourth-order valence-electron chi connectivity index (χ4n) is 3.32. The number of aldehydes is 1. The molecule has 1 aliphatic rings. The minimum absolute atomic E-state index is 0.0636.